The first-order valence-corrected chi connectivity index (χ1v) is 8.10. The lowest BCUT2D eigenvalue weighted by Crippen LogP contribution is -2.41. The summed E-state index contributed by atoms with van der Waals surface area (Å²) >= 11 is 0. The van der Waals surface area contributed by atoms with E-state index in [1.54, 1.807) is 0 Å². The minimum absolute atomic E-state index is 0.149. The largest absolute Gasteiger partial charge is 0.323 e. The van der Waals surface area contributed by atoms with Crippen molar-refractivity contribution in [2.24, 2.45) is 5.73 Å². The quantitative estimate of drug-likeness (QED) is 0.913. The molecule has 3 heteroatoms. The van der Waals surface area contributed by atoms with E-state index in [1.165, 1.54) is 57.4 Å². The summed E-state index contributed by atoms with van der Waals surface area (Å²) in [7, 11) is 0. The fourth-order valence-corrected chi connectivity index (χ4v) is 3.64. The lowest BCUT2D eigenvalue weighted by Gasteiger charge is -2.32. The average Bonchev–Trinajstić information content (AvgIpc) is 2.97. The summed E-state index contributed by atoms with van der Waals surface area (Å²) in [5, 5.41) is 0. The van der Waals surface area contributed by atoms with E-state index in [9.17, 15) is 0 Å². The van der Waals surface area contributed by atoms with Crippen LogP contribution in [-0.2, 0) is 0 Å². The van der Waals surface area contributed by atoms with E-state index in [4.69, 9.17) is 5.73 Å². The predicted octanol–water partition coefficient (Wildman–Crippen LogP) is 2.25. The summed E-state index contributed by atoms with van der Waals surface area (Å²) in [5.41, 5.74) is 7.60. The summed E-state index contributed by atoms with van der Waals surface area (Å²) in [6.07, 6.45) is 5.52. The van der Waals surface area contributed by atoms with Gasteiger partial charge in [0.2, 0.25) is 0 Å². The first-order valence-electron chi connectivity index (χ1n) is 8.10. The van der Waals surface area contributed by atoms with Gasteiger partial charge in [-0.15, -0.1) is 0 Å². The molecule has 110 valence electrons. The van der Waals surface area contributed by atoms with Crippen LogP contribution in [0.1, 0.15) is 37.3 Å². The highest BCUT2D eigenvalue weighted by molar-refractivity contribution is 5.18. The Morgan fingerprint density at radius 1 is 1.05 bits per heavy atom. The van der Waals surface area contributed by atoms with Gasteiger partial charge in [-0.1, -0.05) is 36.8 Å². The van der Waals surface area contributed by atoms with Gasteiger partial charge in [0.05, 0.1) is 0 Å². The zero-order valence-corrected chi connectivity index (χ0v) is 12.4. The second-order valence-electron chi connectivity index (χ2n) is 6.32. The molecule has 1 aromatic rings. The molecule has 2 heterocycles. The van der Waals surface area contributed by atoms with Crippen LogP contribution in [0, 0.1) is 0 Å². The average molecular weight is 273 g/mol. The van der Waals surface area contributed by atoms with Gasteiger partial charge in [-0.25, -0.2) is 0 Å². The van der Waals surface area contributed by atoms with Gasteiger partial charge in [0.15, 0.2) is 0 Å². The van der Waals surface area contributed by atoms with E-state index in [0.29, 0.717) is 0 Å². The summed E-state index contributed by atoms with van der Waals surface area (Å²) in [6.45, 7) is 6.03. The van der Waals surface area contributed by atoms with Crippen molar-refractivity contribution in [2.45, 2.75) is 37.8 Å². The molecule has 1 aromatic carbocycles. The van der Waals surface area contributed by atoms with E-state index < -0.39 is 0 Å². The molecular weight excluding hydrogens is 246 g/mol. The molecule has 0 aliphatic carbocycles. The molecule has 3 rings (SSSR count). The maximum Gasteiger partial charge on any atom is 0.0424 e. The Morgan fingerprint density at radius 3 is 2.55 bits per heavy atom. The number of hydrogen-bond acceptors (Lipinski definition) is 3. The highest BCUT2D eigenvalue weighted by Crippen LogP contribution is 2.22. The molecule has 2 atom stereocenters. The molecule has 0 saturated carbocycles. The Labute approximate surface area is 122 Å². The van der Waals surface area contributed by atoms with Gasteiger partial charge in [0, 0.05) is 25.2 Å². The molecule has 2 N–H and O–H groups in total. The topological polar surface area (TPSA) is 32.5 Å². The number of rotatable bonds is 4. The van der Waals surface area contributed by atoms with E-state index in [0.717, 1.165) is 12.6 Å². The molecule has 2 aliphatic rings. The predicted molar refractivity (Wildman–Crippen MR) is 83.6 cm³/mol. The summed E-state index contributed by atoms with van der Waals surface area (Å²) < 4.78 is 0. The Hall–Kier alpha value is -0.900. The van der Waals surface area contributed by atoms with Gasteiger partial charge < -0.3 is 5.73 Å². The van der Waals surface area contributed by atoms with Crippen LogP contribution in [0.15, 0.2) is 30.3 Å². The maximum absolute atomic E-state index is 6.34. The Balaban J connectivity index is 1.50. The summed E-state index contributed by atoms with van der Waals surface area (Å²) in [6, 6.07) is 11.4. The van der Waals surface area contributed by atoms with Crippen LogP contribution in [0.4, 0.5) is 0 Å². The third kappa shape index (κ3) is 3.40. The number of piperidine rings is 1. The Bertz CT molecular complexity index is 400. The SMILES string of the molecule is NC(CN1CCC(N2CCCCC2)C1)c1ccccc1. The molecule has 0 spiro atoms. The molecule has 20 heavy (non-hydrogen) atoms. The van der Waals surface area contributed by atoms with Gasteiger partial charge in [0.1, 0.15) is 0 Å². The molecule has 2 fully saturated rings. The minimum atomic E-state index is 0.149. The fourth-order valence-electron chi connectivity index (χ4n) is 3.64. The van der Waals surface area contributed by atoms with E-state index >= 15 is 0 Å². The summed E-state index contributed by atoms with van der Waals surface area (Å²) in [5.74, 6) is 0. The highest BCUT2D eigenvalue weighted by Gasteiger charge is 2.29. The smallest absolute Gasteiger partial charge is 0.0424 e. The monoisotopic (exact) mass is 273 g/mol. The molecule has 2 aliphatic heterocycles. The van der Waals surface area contributed by atoms with Gasteiger partial charge in [-0.3, -0.25) is 9.80 Å². The number of hydrogen-bond donors (Lipinski definition) is 1. The molecule has 0 bridgehead atoms. The Kier molecular flexibility index (Phi) is 4.71. The van der Waals surface area contributed by atoms with Crippen LogP contribution < -0.4 is 5.73 Å². The summed E-state index contributed by atoms with van der Waals surface area (Å²) in [4.78, 5) is 5.26. The minimum Gasteiger partial charge on any atom is -0.323 e. The van der Waals surface area contributed by atoms with Crippen molar-refractivity contribution in [1.82, 2.24) is 9.80 Å². The molecule has 0 amide bonds. The van der Waals surface area contributed by atoms with Crippen LogP contribution >= 0.6 is 0 Å². The van der Waals surface area contributed by atoms with Crippen molar-refractivity contribution in [2.75, 3.05) is 32.7 Å². The van der Waals surface area contributed by atoms with Crippen LogP contribution in [0.25, 0.3) is 0 Å². The van der Waals surface area contributed by atoms with Crippen LogP contribution in [0.3, 0.4) is 0 Å². The lowest BCUT2D eigenvalue weighted by atomic mass is 10.1. The van der Waals surface area contributed by atoms with Crippen LogP contribution in [0.2, 0.25) is 0 Å². The van der Waals surface area contributed by atoms with Gasteiger partial charge in [0.25, 0.3) is 0 Å². The Morgan fingerprint density at radius 2 is 1.80 bits per heavy atom. The van der Waals surface area contributed by atoms with Crippen molar-refractivity contribution in [1.29, 1.82) is 0 Å². The van der Waals surface area contributed by atoms with Crippen LogP contribution in [0.5, 0.6) is 0 Å². The third-order valence-electron chi connectivity index (χ3n) is 4.84. The molecule has 0 aromatic heterocycles. The molecule has 0 radical (unpaired) electrons. The van der Waals surface area contributed by atoms with Crippen molar-refractivity contribution in [3.05, 3.63) is 35.9 Å². The van der Waals surface area contributed by atoms with E-state index in [2.05, 4.69) is 40.1 Å². The van der Waals surface area contributed by atoms with Crippen molar-refractivity contribution in [3.63, 3.8) is 0 Å². The van der Waals surface area contributed by atoms with E-state index in [-0.39, 0.29) is 6.04 Å². The molecule has 3 nitrogen and oxygen atoms in total. The number of benzene rings is 1. The van der Waals surface area contributed by atoms with Crippen LogP contribution in [-0.4, -0.2) is 48.6 Å². The lowest BCUT2D eigenvalue weighted by molar-refractivity contribution is 0.161. The van der Waals surface area contributed by atoms with Gasteiger partial charge in [-0.05, 0) is 44.5 Å². The third-order valence-corrected chi connectivity index (χ3v) is 4.84. The standard InChI is InChI=1S/C17H27N3/c18-17(15-7-3-1-4-8-15)14-19-12-9-16(13-19)20-10-5-2-6-11-20/h1,3-4,7-8,16-17H,2,5-6,9-14,18H2. The number of nitrogens with zero attached hydrogens (tertiary/aromatic N) is 2. The number of likely N-dealkylation sites (tertiary alicyclic amines) is 2. The zero-order chi connectivity index (χ0) is 13.8. The second-order valence-corrected chi connectivity index (χ2v) is 6.32. The zero-order valence-electron chi connectivity index (χ0n) is 12.4. The molecule has 2 saturated heterocycles. The molecule has 2 unspecified atom stereocenters. The van der Waals surface area contributed by atoms with Crippen molar-refractivity contribution >= 4 is 0 Å². The normalized spacial score (nSPS) is 26.8. The first kappa shape index (κ1) is 14.1. The maximum atomic E-state index is 6.34. The fraction of sp³-hybridized carbons (Fsp3) is 0.647. The molecular formula is C17H27N3. The van der Waals surface area contributed by atoms with Crippen molar-refractivity contribution < 1.29 is 0 Å². The van der Waals surface area contributed by atoms with Crippen molar-refractivity contribution in [3.8, 4) is 0 Å². The van der Waals surface area contributed by atoms with Gasteiger partial charge in [-0.2, -0.15) is 0 Å². The van der Waals surface area contributed by atoms with E-state index in [1.807, 2.05) is 0 Å². The highest BCUT2D eigenvalue weighted by atomic mass is 15.3. The van der Waals surface area contributed by atoms with Gasteiger partial charge >= 0.3 is 0 Å². The first-order chi connectivity index (χ1) is 9.83. The number of nitrogens with two attached hydrogens (primary N) is 1. The second kappa shape index (κ2) is 6.70.